The summed E-state index contributed by atoms with van der Waals surface area (Å²) in [6.07, 6.45) is 10.9. The predicted molar refractivity (Wildman–Crippen MR) is 142 cm³/mol. The lowest BCUT2D eigenvalue weighted by atomic mass is 9.65. The SMILES string of the molecule is CNC[C@H](CC1CCCCC1)C1C([C@@](O)(CCCCOC)c2cccc(F)c2C)CCCN1C(N)=O. The topological polar surface area (TPSA) is 87.8 Å². The minimum atomic E-state index is -1.27. The second kappa shape index (κ2) is 13.7. The average molecular weight is 506 g/mol. The molecule has 36 heavy (non-hydrogen) atoms. The highest BCUT2D eigenvalue weighted by Gasteiger charge is 2.50. The van der Waals surface area contributed by atoms with Gasteiger partial charge in [0.05, 0.1) is 5.60 Å². The number of nitrogens with two attached hydrogens (primary N) is 1. The molecule has 1 heterocycles. The Bertz CT molecular complexity index is 832. The Labute approximate surface area is 217 Å². The number of methoxy groups -OCH3 is 1. The van der Waals surface area contributed by atoms with Gasteiger partial charge in [-0.25, -0.2) is 9.18 Å². The van der Waals surface area contributed by atoms with E-state index in [4.69, 9.17) is 10.5 Å². The van der Waals surface area contributed by atoms with Crippen LogP contribution >= 0.6 is 0 Å². The third-order valence-corrected chi connectivity index (χ3v) is 8.78. The van der Waals surface area contributed by atoms with E-state index in [0.717, 1.165) is 38.6 Å². The van der Waals surface area contributed by atoms with Crippen molar-refractivity contribution in [3.63, 3.8) is 0 Å². The lowest BCUT2D eigenvalue weighted by Gasteiger charge is -2.51. The van der Waals surface area contributed by atoms with Crippen molar-refractivity contribution in [1.82, 2.24) is 10.2 Å². The van der Waals surface area contributed by atoms with E-state index in [1.165, 1.54) is 38.2 Å². The Morgan fingerprint density at radius 3 is 2.67 bits per heavy atom. The number of nitrogens with one attached hydrogen (secondary N) is 1. The molecule has 3 rings (SSSR count). The molecule has 0 aromatic heterocycles. The van der Waals surface area contributed by atoms with Gasteiger partial charge in [0, 0.05) is 32.2 Å². The molecule has 4 N–H and O–H groups in total. The molecule has 2 unspecified atom stereocenters. The Kier molecular flexibility index (Phi) is 11.0. The quantitative estimate of drug-likeness (QED) is 0.345. The zero-order valence-electron chi connectivity index (χ0n) is 22.6. The van der Waals surface area contributed by atoms with Crippen LogP contribution in [0.25, 0.3) is 0 Å². The summed E-state index contributed by atoms with van der Waals surface area (Å²) in [5, 5.41) is 16.0. The summed E-state index contributed by atoms with van der Waals surface area (Å²) in [4.78, 5) is 14.6. The van der Waals surface area contributed by atoms with Crippen molar-refractivity contribution >= 4 is 6.03 Å². The average Bonchev–Trinajstić information content (AvgIpc) is 2.88. The van der Waals surface area contributed by atoms with Crippen molar-refractivity contribution in [2.45, 2.75) is 89.2 Å². The molecule has 0 radical (unpaired) electrons. The van der Waals surface area contributed by atoms with E-state index in [0.29, 0.717) is 36.6 Å². The molecule has 4 atom stereocenters. The predicted octanol–water partition coefficient (Wildman–Crippen LogP) is 5.10. The van der Waals surface area contributed by atoms with Crippen molar-refractivity contribution in [2.24, 2.45) is 23.5 Å². The van der Waals surface area contributed by atoms with Gasteiger partial charge in [-0.3, -0.25) is 0 Å². The molecule has 2 fully saturated rings. The van der Waals surface area contributed by atoms with E-state index in [-0.39, 0.29) is 23.7 Å². The summed E-state index contributed by atoms with van der Waals surface area (Å²) in [5.41, 5.74) is 5.83. The number of hydrogen-bond donors (Lipinski definition) is 3. The lowest BCUT2D eigenvalue weighted by Crippen LogP contribution is -2.60. The van der Waals surface area contributed by atoms with Gasteiger partial charge >= 0.3 is 6.03 Å². The Balaban J connectivity index is 2.04. The molecule has 1 aliphatic heterocycles. The molecule has 1 aromatic carbocycles. The standard InChI is InChI=1S/C29H48FN3O3/c1-21-24(13-9-15-26(21)30)29(35,16-7-8-18-36-3)25-14-10-17-33(28(31)34)27(25)23(20-32-2)19-22-11-5-4-6-12-22/h9,13,15,22-23,25,27,32,35H,4-8,10-12,14,16-20H2,1-3H3,(H2,31,34)/t23-,25?,27?,29+/m0/s1. The molecule has 6 nitrogen and oxygen atoms in total. The van der Waals surface area contributed by atoms with Crippen LogP contribution in [0.15, 0.2) is 18.2 Å². The van der Waals surface area contributed by atoms with Gasteiger partial charge in [0.2, 0.25) is 0 Å². The molecule has 1 aromatic rings. The van der Waals surface area contributed by atoms with Crippen LogP contribution in [0, 0.1) is 30.5 Å². The van der Waals surface area contributed by atoms with Gasteiger partial charge in [-0.15, -0.1) is 0 Å². The van der Waals surface area contributed by atoms with E-state index in [1.807, 2.05) is 18.0 Å². The normalized spacial score (nSPS) is 23.9. The smallest absolute Gasteiger partial charge is 0.315 e. The Morgan fingerprint density at radius 1 is 1.25 bits per heavy atom. The number of nitrogens with zero attached hydrogens (tertiary/aromatic N) is 1. The number of aliphatic hydroxyl groups is 1. The van der Waals surface area contributed by atoms with Crippen LogP contribution in [0.3, 0.4) is 0 Å². The maximum atomic E-state index is 14.8. The maximum Gasteiger partial charge on any atom is 0.315 e. The van der Waals surface area contributed by atoms with Crippen LogP contribution in [0.5, 0.6) is 0 Å². The fraction of sp³-hybridized carbons (Fsp3) is 0.759. The molecule has 2 aliphatic rings. The summed E-state index contributed by atoms with van der Waals surface area (Å²) >= 11 is 0. The zero-order chi connectivity index (χ0) is 26.1. The summed E-state index contributed by atoms with van der Waals surface area (Å²) < 4.78 is 20.0. The van der Waals surface area contributed by atoms with Crippen LogP contribution in [0.2, 0.25) is 0 Å². The number of likely N-dealkylation sites (tertiary alicyclic amines) is 1. The van der Waals surface area contributed by atoms with Gasteiger partial charge in [-0.1, -0.05) is 44.2 Å². The first-order chi connectivity index (χ1) is 17.3. The molecule has 204 valence electrons. The molecule has 1 saturated carbocycles. The summed E-state index contributed by atoms with van der Waals surface area (Å²) in [6, 6.07) is 4.37. The number of unbranched alkanes of at least 4 members (excludes halogenated alkanes) is 1. The third-order valence-electron chi connectivity index (χ3n) is 8.78. The van der Waals surface area contributed by atoms with E-state index >= 15 is 0 Å². The number of piperidine rings is 1. The molecule has 0 bridgehead atoms. The number of hydrogen-bond acceptors (Lipinski definition) is 4. The number of primary amides is 1. The minimum absolute atomic E-state index is 0.162. The van der Waals surface area contributed by atoms with Gasteiger partial charge in [0.15, 0.2) is 0 Å². The first-order valence-corrected chi connectivity index (χ1v) is 14.0. The monoisotopic (exact) mass is 505 g/mol. The van der Waals surface area contributed by atoms with Crippen molar-refractivity contribution in [3.8, 4) is 0 Å². The molecular formula is C29H48FN3O3. The number of ether oxygens (including phenoxy) is 1. The van der Waals surface area contributed by atoms with E-state index in [2.05, 4.69) is 5.32 Å². The second-order valence-electron chi connectivity index (χ2n) is 11.1. The highest BCUT2D eigenvalue weighted by atomic mass is 19.1. The van der Waals surface area contributed by atoms with Gasteiger partial charge in [-0.2, -0.15) is 0 Å². The highest BCUT2D eigenvalue weighted by molar-refractivity contribution is 5.72. The minimum Gasteiger partial charge on any atom is -0.385 e. The largest absolute Gasteiger partial charge is 0.385 e. The van der Waals surface area contributed by atoms with Crippen LogP contribution in [0.4, 0.5) is 9.18 Å². The van der Waals surface area contributed by atoms with Gasteiger partial charge < -0.3 is 25.8 Å². The molecular weight excluding hydrogens is 457 g/mol. The fourth-order valence-corrected chi connectivity index (χ4v) is 7.07. The highest BCUT2D eigenvalue weighted by Crippen LogP contribution is 2.47. The van der Waals surface area contributed by atoms with Crippen LogP contribution in [-0.4, -0.2) is 55.9 Å². The lowest BCUT2D eigenvalue weighted by molar-refractivity contribution is -0.0940. The summed E-state index contributed by atoms with van der Waals surface area (Å²) in [5.74, 6) is 0.245. The summed E-state index contributed by atoms with van der Waals surface area (Å²) in [7, 11) is 3.63. The third kappa shape index (κ3) is 6.78. The van der Waals surface area contributed by atoms with Gasteiger partial charge in [-0.05, 0) is 88.1 Å². The van der Waals surface area contributed by atoms with Crippen LogP contribution in [0.1, 0.15) is 81.8 Å². The molecule has 2 amide bonds. The first kappa shape index (κ1) is 28.9. The van der Waals surface area contributed by atoms with E-state index in [9.17, 15) is 14.3 Å². The Hall–Kier alpha value is -1.70. The number of carbonyl (C=O) groups excluding carboxylic acids is 1. The van der Waals surface area contributed by atoms with E-state index < -0.39 is 11.6 Å². The first-order valence-electron chi connectivity index (χ1n) is 14.0. The van der Waals surface area contributed by atoms with Crippen molar-refractivity contribution in [1.29, 1.82) is 0 Å². The number of urea groups is 1. The number of amides is 2. The number of carbonyl (C=O) groups is 1. The second-order valence-corrected chi connectivity index (χ2v) is 11.1. The Morgan fingerprint density at radius 2 is 2.00 bits per heavy atom. The van der Waals surface area contributed by atoms with Crippen LogP contribution < -0.4 is 11.1 Å². The van der Waals surface area contributed by atoms with Crippen molar-refractivity contribution in [3.05, 3.63) is 35.1 Å². The molecule has 1 aliphatic carbocycles. The van der Waals surface area contributed by atoms with Crippen molar-refractivity contribution < 1.29 is 19.0 Å². The van der Waals surface area contributed by atoms with Gasteiger partial charge in [0.25, 0.3) is 0 Å². The molecule has 0 spiro atoms. The van der Waals surface area contributed by atoms with Crippen LogP contribution in [-0.2, 0) is 10.3 Å². The fourth-order valence-electron chi connectivity index (χ4n) is 7.07. The van der Waals surface area contributed by atoms with Gasteiger partial charge in [0.1, 0.15) is 5.82 Å². The number of halogens is 1. The number of rotatable bonds is 12. The maximum absolute atomic E-state index is 14.8. The molecule has 1 saturated heterocycles. The van der Waals surface area contributed by atoms with E-state index in [1.54, 1.807) is 20.1 Å². The molecule has 7 heteroatoms. The zero-order valence-corrected chi connectivity index (χ0v) is 22.6. The van der Waals surface area contributed by atoms with Crippen molar-refractivity contribution in [2.75, 3.05) is 33.9 Å². The number of benzene rings is 1. The summed E-state index contributed by atoms with van der Waals surface area (Å²) in [6.45, 7) is 3.72.